The van der Waals surface area contributed by atoms with Gasteiger partial charge >= 0.3 is 5.97 Å². The molecule has 41 heavy (non-hydrogen) atoms. The van der Waals surface area contributed by atoms with Crippen LogP contribution in [0.5, 0.6) is 17.2 Å². The molecule has 0 bridgehead atoms. The van der Waals surface area contributed by atoms with E-state index in [4.69, 9.17) is 14.2 Å². The average molecular weight is 552 g/mol. The number of ether oxygens (including phenoxy) is 3. The summed E-state index contributed by atoms with van der Waals surface area (Å²) in [5.41, 5.74) is 4.19. The molecule has 1 aliphatic heterocycles. The number of hydrogen-bond acceptors (Lipinski definition) is 6. The Morgan fingerprint density at radius 3 is 1.93 bits per heavy atom. The van der Waals surface area contributed by atoms with Gasteiger partial charge in [-0.05, 0) is 84.3 Å². The lowest BCUT2D eigenvalue weighted by atomic mass is 10.0. The van der Waals surface area contributed by atoms with Gasteiger partial charge in [0, 0.05) is 31.5 Å². The first-order valence-electron chi connectivity index (χ1n) is 13.8. The van der Waals surface area contributed by atoms with Crippen molar-refractivity contribution in [2.75, 3.05) is 19.7 Å². The number of esters is 1. The van der Waals surface area contributed by atoms with E-state index in [9.17, 15) is 14.7 Å². The van der Waals surface area contributed by atoms with Crippen molar-refractivity contribution in [3.8, 4) is 28.4 Å². The van der Waals surface area contributed by atoms with Gasteiger partial charge in [0.15, 0.2) is 0 Å². The van der Waals surface area contributed by atoms with Crippen LogP contribution < -0.4 is 9.47 Å². The average Bonchev–Trinajstić information content (AvgIpc) is 3.02. The maximum absolute atomic E-state index is 12.7. The molecule has 0 unspecified atom stereocenters. The van der Waals surface area contributed by atoms with Gasteiger partial charge in [-0.2, -0.15) is 0 Å². The topological polar surface area (TPSA) is 85.3 Å². The van der Waals surface area contributed by atoms with Crippen LogP contribution in [-0.2, 0) is 11.3 Å². The summed E-state index contributed by atoms with van der Waals surface area (Å²) in [5.74, 6) is 1.38. The number of amides is 1. The minimum atomic E-state index is -0.316. The van der Waals surface area contributed by atoms with E-state index in [1.165, 1.54) is 12.1 Å². The molecule has 1 fully saturated rings. The number of rotatable bonds is 9. The molecule has 0 aromatic heterocycles. The van der Waals surface area contributed by atoms with Crippen LogP contribution >= 0.6 is 0 Å². The summed E-state index contributed by atoms with van der Waals surface area (Å²) in [7, 11) is 0. The van der Waals surface area contributed by atoms with Gasteiger partial charge in [-0.3, -0.25) is 4.79 Å². The maximum atomic E-state index is 12.7. The Morgan fingerprint density at radius 2 is 1.32 bits per heavy atom. The summed E-state index contributed by atoms with van der Waals surface area (Å²) in [4.78, 5) is 26.4. The predicted octanol–water partition coefficient (Wildman–Crippen LogP) is 6.50. The van der Waals surface area contributed by atoms with Gasteiger partial charge in [-0.1, -0.05) is 36.4 Å². The van der Waals surface area contributed by atoms with Gasteiger partial charge in [0.25, 0.3) is 5.91 Å². The monoisotopic (exact) mass is 551 g/mol. The van der Waals surface area contributed by atoms with Crippen LogP contribution in [0.1, 0.15) is 46.0 Å². The van der Waals surface area contributed by atoms with Crippen LogP contribution in [0.2, 0.25) is 0 Å². The summed E-state index contributed by atoms with van der Waals surface area (Å²) in [5, 5.41) is 9.44. The summed E-state index contributed by atoms with van der Waals surface area (Å²) in [6.07, 6.45) is 1.58. The molecule has 1 N–H and O–H groups in total. The number of aromatic hydroxyl groups is 1. The minimum Gasteiger partial charge on any atom is -0.508 e. The molecule has 4 aromatic carbocycles. The molecule has 1 saturated heterocycles. The van der Waals surface area contributed by atoms with E-state index < -0.39 is 0 Å². The molecular weight excluding hydrogens is 518 g/mol. The third-order valence-electron chi connectivity index (χ3n) is 7.06. The van der Waals surface area contributed by atoms with Gasteiger partial charge in [-0.25, -0.2) is 4.79 Å². The van der Waals surface area contributed by atoms with E-state index in [1.807, 2.05) is 65.6 Å². The van der Waals surface area contributed by atoms with Crippen molar-refractivity contribution in [2.45, 2.75) is 32.5 Å². The molecule has 5 rings (SSSR count). The van der Waals surface area contributed by atoms with Crippen LogP contribution in [0.15, 0.2) is 97.1 Å². The molecule has 0 spiro atoms. The number of likely N-dealkylation sites (tertiary alicyclic amines) is 1. The van der Waals surface area contributed by atoms with E-state index in [0.29, 0.717) is 37.4 Å². The van der Waals surface area contributed by atoms with Gasteiger partial charge in [0.2, 0.25) is 0 Å². The van der Waals surface area contributed by atoms with Gasteiger partial charge in [0.05, 0.1) is 12.2 Å². The van der Waals surface area contributed by atoms with Crippen LogP contribution in [-0.4, -0.2) is 47.7 Å². The molecule has 4 aromatic rings. The summed E-state index contributed by atoms with van der Waals surface area (Å²) in [6.45, 7) is 3.85. The lowest BCUT2D eigenvalue weighted by Crippen LogP contribution is -2.41. The Bertz CT molecular complexity index is 1440. The Morgan fingerprint density at radius 1 is 0.756 bits per heavy atom. The van der Waals surface area contributed by atoms with Crippen LogP contribution in [0.3, 0.4) is 0 Å². The number of benzene rings is 4. The summed E-state index contributed by atoms with van der Waals surface area (Å²) >= 11 is 0. The molecule has 210 valence electrons. The molecule has 0 aliphatic carbocycles. The number of piperidine rings is 1. The molecule has 7 heteroatoms. The molecule has 0 radical (unpaired) electrons. The number of phenols is 1. The first kappa shape index (κ1) is 27.8. The third kappa shape index (κ3) is 7.25. The fraction of sp³-hybridized carbons (Fsp3) is 0.235. The zero-order valence-electron chi connectivity index (χ0n) is 23.0. The third-order valence-corrected chi connectivity index (χ3v) is 7.06. The SMILES string of the molecule is CCOC(=O)c1ccc(-c2ccc(OCc3ccc(OC4CCN(C(=O)c5ccc(O)cc5)CC4)cc3)cc2)cc1. The van der Waals surface area contributed by atoms with Crippen molar-refractivity contribution < 1.29 is 28.9 Å². The first-order chi connectivity index (χ1) is 20.0. The molecule has 1 amide bonds. The van der Waals surface area contributed by atoms with Crippen molar-refractivity contribution in [1.29, 1.82) is 0 Å². The van der Waals surface area contributed by atoms with Gasteiger partial charge < -0.3 is 24.2 Å². The Kier molecular flexibility index (Phi) is 8.84. The zero-order valence-corrected chi connectivity index (χ0v) is 23.0. The number of hydrogen-bond donors (Lipinski definition) is 1. The van der Waals surface area contributed by atoms with E-state index >= 15 is 0 Å². The van der Waals surface area contributed by atoms with E-state index in [2.05, 4.69) is 0 Å². The lowest BCUT2D eigenvalue weighted by Gasteiger charge is -2.32. The highest BCUT2D eigenvalue weighted by Gasteiger charge is 2.24. The van der Waals surface area contributed by atoms with E-state index in [1.54, 1.807) is 31.2 Å². The summed E-state index contributed by atoms with van der Waals surface area (Å²) in [6, 6.07) is 29.5. The van der Waals surface area contributed by atoms with E-state index in [-0.39, 0.29) is 23.7 Å². The minimum absolute atomic E-state index is 0.0212. The number of nitrogens with zero attached hydrogens (tertiary/aromatic N) is 1. The van der Waals surface area contributed by atoms with Gasteiger partial charge in [0.1, 0.15) is 30.0 Å². The van der Waals surface area contributed by atoms with Crippen molar-refractivity contribution >= 4 is 11.9 Å². The van der Waals surface area contributed by atoms with Crippen molar-refractivity contribution in [3.63, 3.8) is 0 Å². The highest BCUT2D eigenvalue weighted by atomic mass is 16.5. The molecule has 0 saturated carbocycles. The normalized spacial score (nSPS) is 13.4. The highest BCUT2D eigenvalue weighted by Crippen LogP contribution is 2.25. The second-order valence-electron chi connectivity index (χ2n) is 9.91. The zero-order chi connectivity index (χ0) is 28.6. The Labute approximate surface area is 239 Å². The lowest BCUT2D eigenvalue weighted by molar-refractivity contribution is 0.0525. The van der Waals surface area contributed by atoms with Crippen molar-refractivity contribution in [1.82, 2.24) is 4.90 Å². The predicted molar refractivity (Wildman–Crippen MR) is 156 cm³/mol. The number of carbonyl (C=O) groups excluding carboxylic acids is 2. The van der Waals surface area contributed by atoms with Crippen LogP contribution in [0.25, 0.3) is 11.1 Å². The van der Waals surface area contributed by atoms with Crippen LogP contribution in [0.4, 0.5) is 0 Å². The fourth-order valence-corrected chi connectivity index (χ4v) is 4.74. The Hall–Kier alpha value is -4.78. The number of phenolic OH excluding ortho intramolecular Hbond substituents is 1. The summed E-state index contributed by atoms with van der Waals surface area (Å²) < 4.78 is 17.2. The van der Waals surface area contributed by atoms with Crippen molar-refractivity contribution in [3.05, 3.63) is 114 Å². The second-order valence-corrected chi connectivity index (χ2v) is 9.91. The van der Waals surface area contributed by atoms with Crippen LogP contribution in [0, 0.1) is 0 Å². The maximum Gasteiger partial charge on any atom is 0.338 e. The highest BCUT2D eigenvalue weighted by molar-refractivity contribution is 5.94. The Balaban J connectivity index is 1.07. The molecule has 0 atom stereocenters. The second kappa shape index (κ2) is 13.0. The van der Waals surface area contributed by atoms with Crippen molar-refractivity contribution in [2.24, 2.45) is 0 Å². The first-order valence-corrected chi connectivity index (χ1v) is 13.8. The molecule has 7 nitrogen and oxygen atoms in total. The smallest absolute Gasteiger partial charge is 0.338 e. The molecule has 1 aliphatic rings. The van der Waals surface area contributed by atoms with E-state index in [0.717, 1.165) is 41.0 Å². The standard InChI is InChI=1S/C34H33NO6/c1-2-39-34(38)28-7-5-25(6-8-28)26-11-17-30(18-12-26)40-23-24-3-15-31(16-4-24)41-32-19-21-35(22-20-32)33(37)27-9-13-29(36)14-10-27/h3-18,32,36H,2,19-23H2,1H3. The van der Waals surface area contributed by atoms with Gasteiger partial charge in [-0.15, -0.1) is 0 Å². The molecular formula is C34H33NO6. The molecule has 1 heterocycles. The fourth-order valence-electron chi connectivity index (χ4n) is 4.74. The number of carbonyl (C=O) groups is 2. The quantitative estimate of drug-likeness (QED) is 0.239. The largest absolute Gasteiger partial charge is 0.508 e.